The molecule has 208 valence electrons. The molecule has 0 saturated carbocycles. The van der Waals surface area contributed by atoms with Gasteiger partial charge in [0.1, 0.15) is 6.04 Å². The highest BCUT2D eigenvalue weighted by Crippen LogP contribution is 2.68. The third-order valence-corrected chi connectivity index (χ3v) is 11.5. The molecule has 0 aromatic rings. The zero-order valence-corrected chi connectivity index (χ0v) is 24.8. The van der Waals surface area contributed by atoms with E-state index in [1.165, 1.54) is 0 Å². The van der Waals surface area contributed by atoms with E-state index in [9.17, 15) is 19.5 Å². The fourth-order valence-electron chi connectivity index (χ4n) is 6.25. The van der Waals surface area contributed by atoms with Crippen LogP contribution in [0.15, 0.2) is 25.3 Å². The number of likely N-dealkylation sites (tertiary alicyclic amines) is 1. The average Bonchev–Trinajstić information content (AvgIpc) is 3.48. The Balaban J connectivity index is 2.05. The van der Waals surface area contributed by atoms with Crippen LogP contribution in [-0.4, -0.2) is 85.9 Å². The Morgan fingerprint density at radius 2 is 2.05 bits per heavy atom. The highest BCUT2D eigenvalue weighted by atomic mass is 79.9. The minimum absolute atomic E-state index is 0.00533. The summed E-state index contributed by atoms with van der Waals surface area (Å²) in [4.78, 5) is 45.5. The number of fused-ring (bicyclic) bond motifs is 1. The first kappa shape index (κ1) is 30.2. The standard InChI is InChI=1S/C28H43BrN2O5S/c1-6-10-12-15-36-27(35)21-22-25(33)31(20(17-32)18(5)9-4)24(28(22)16-19(29)23(21)37-28)26(34)30(13-8-3)14-11-7-2/h6,8,18-24,32H,1,3,7,9-17H2,2,4-5H3/t18-,19?,20-,21-,22-,23-,24?,28?/m0/s1. The highest BCUT2D eigenvalue weighted by molar-refractivity contribution is 9.09. The number of ether oxygens (including phenoxy) is 1. The average molecular weight is 600 g/mol. The first-order valence-electron chi connectivity index (χ1n) is 13.7. The van der Waals surface area contributed by atoms with Gasteiger partial charge in [-0.25, -0.2) is 0 Å². The fraction of sp³-hybridized carbons (Fsp3) is 0.750. The van der Waals surface area contributed by atoms with Crippen molar-refractivity contribution in [2.45, 2.75) is 86.2 Å². The molecule has 9 heteroatoms. The van der Waals surface area contributed by atoms with Crippen molar-refractivity contribution >= 4 is 45.5 Å². The minimum atomic E-state index is -0.749. The highest BCUT2D eigenvalue weighted by Gasteiger charge is 2.76. The Labute approximate surface area is 234 Å². The van der Waals surface area contributed by atoms with Gasteiger partial charge >= 0.3 is 5.97 Å². The zero-order valence-electron chi connectivity index (χ0n) is 22.4. The van der Waals surface area contributed by atoms with Gasteiger partial charge in [0.2, 0.25) is 11.8 Å². The summed E-state index contributed by atoms with van der Waals surface area (Å²) in [6.45, 7) is 14.7. The predicted octanol–water partition coefficient (Wildman–Crippen LogP) is 4.18. The Morgan fingerprint density at radius 3 is 2.65 bits per heavy atom. The molecular weight excluding hydrogens is 556 g/mol. The summed E-state index contributed by atoms with van der Waals surface area (Å²) in [5.74, 6) is -1.95. The van der Waals surface area contributed by atoms with Crippen molar-refractivity contribution in [1.82, 2.24) is 9.80 Å². The van der Waals surface area contributed by atoms with E-state index in [4.69, 9.17) is 4.74 Å². The number of carbonyl (C=O) groups excluding carboxylic acids is 3. The van der Waals surface area contributed by atoms with E-state index in [1.54, 1.807) is 33.7 Å². The molecule has 0 aromatic carbocycles. The number of carbonyl (C=O) groups is 3. The summed E-state index contributed by atoms with van der Waals surface area (Å²) in [5.41, 5.74) is 0. The van der Waals surface area contributed by atoms with Crippen LogP contribution in [0.25, 0.3) is 0 Å². The molecule has 1 spiro atoms. The molecule has 37 heavy (non-hydrogen) atoms. The molecule has 3 heterocycles. The van der Waals surface area contributed by atoms with E-state index in [0.29, 0.717) is 25.9 Å². The molecule has 2 bridgehead atoms. The number of hydrogen-bond donors (Lipinski definition) is 1. The molecule has 2 amide bonds. The van der Waals surface area contributed by atoms with E-state index in [-0.39, 0.29) is 47.0 Å². The molecule has 3 aliphatic heterocycles. The van der Waals surface area contributed by atoms with Crippen molar-refractivity contribution in [2.24, 2.45) is 17.8 Å². The van der Waals surface area contributed by atoms with E-state index in [2.05, 4.69) is 36.0 Å². The van der Waals surface area contributed by atoms with Gasteiger partial charge in [-0.05, 0) is 31.6 Å². The lowest BCUT2D eigenvalue weighted by molar-refractivity contribution is -0.154. The smallest absolute Gasteiger partial charge is 0.310 e. The van der Waals surface area contributed by atoms with Gasteiger partial charge in [-0.3, -0.25) is 14.4 Å². The second kappa shape index (κ2) is 13.2. The summed E-state index contributed by atoms with van der Waals surface area (Å²) in [6, 6.07) is -1.25. The number of nitrogens with zero attached hydrogens (tertiary/aromatic N) is 2. The molecule has 7 nitrogen and oxygen atoms in total. The van der Waals surface area contributed by atoms with Crippen molar-refractivity contribution in [2.75, 3.05) is 26.3 Å². The molecule has 3 saturated heterocycles. The van der Waals surface area contributed by atoms with Crippen molar-refractivity contribution < 1.29 is 24.2 Å². The Kier molecular flexibility index (Phi) is 10.7. The predicted molar refractivity (Wildman–Crippen MR) is 151 cm³/mol. The van der Waals surface area contributed by atoms with Gasteiger partial charge in [0.25, 0.3) is 0 Å². The summed E-state index contributed by atoms with van der Waals surface area (Å²) >= 11 is 5.40. The quantitative estimate of drug-likeness (QED) is 0.132. The van der Waals surface area contributed by atoms with Gasteiger partial charge in [0.05, 0.1) is 35.8 Å². The Morgan fingerprint density at radius 1 is 1.32 bits per heavy atom. The third-order valence-electron chi connectivity index (χ3n) is 8.32. The van der Waals surface area contributed by atoms with Crippen LogP contribution >= 0.6 is 27.7 Å². The van der Waals surface area contributed by atoms with Gasteiger partial charge in [0.15, 0.2) is 0 Å². The third kappa shape index (κ3) is 5.55. The number of alkyl halides is 1. The molecule has 8 atom stereocenters. The van der Waals surface area contributed by atoms with Gasteiger partial charge < -0.3 is 19.6 Å². The maximum atomic E-state index is 14.3. The molecule has 3 unspecified atom stereocenters. The van der Waals surface area contributed by atoms with Crippen LogP contribution in [0.5, 0.6) is 0 Å². The van der Waals surface area contributed by atoms with Gasteiger partial charge in [-0.15, -0.1) is 24.9 Å². The molecule has 3 rings (SSSR count). The van der Waals surface area contributed by atoms with Crippen LogP contribution in [-0.2, 0) is 19.1 Å². The lowest BCUT2D eigenvalue weighted by Crippen LogP contribution is -2.59. The molecule has 1 N–H and O–H groups in total. The van der Waals surface area contributed by atoms with E-state index >= 15 is 0 Å². The number of allylic oxidation sites excluding steroid dienone is 1. The number of hydrogen-bond acceptors (Lipinski definition) is 6. The Bertz CT molecular complexity index is 872. The SMILES string of the molecule is C=CCCCOC(=O)[C@H]1[C@H]2C(=O)N([C@@H](CO)[C@@H](C)CC)C(C(=O)N(CC=C)CCCC)C23CC(Br)[C@@H]1S3. The zero-order chi connectivity index (χ0) is 27.3. The van der Waals surface area contributed by atoms with E-state index < -0.39 is 28.7 Å². The maximum absolute atomic E-state index is 14.3. The number of unbranched alkanes of at least 4 members (excludes halogenated alkanes) is 2. The van der Waals surface area contributed by atoms with Crippen LogP contribution in [0.4, 0.5) is 0 Å². The van der Waals surface area contributed by atoms with Gasteiger partial charge in [-0.1, -0.05) is 61.7 Å². The molecule has 0 aromatic heterocycles. The maximum Gasteiger partial charge on any atom is 0.310 e. The summed E-state index contributed by atoms with van der Waals surface area (Å²) in [6.07, 6.45) is 8.09. The summed E-state index contributed by atoms with van der Waals surface area (Å²) in [7, 11) is 0. The molecule has 3 aliphatic rings. The monoisotopic (exact) mass is 598 g/mol. The van der Waals surface area contributed by atoms with E-state index in [1.807, 2.05) is 13.8 Å². The fourth-order valence-corrected chi connectivity index (χ4v) is 9.83. The number of halogens is 1. The number of amides is 2. The van der Waals surface area contributed by atoms with Gasteiger partial charge in [0, 0.05) is 23.2 Å². The minimum Gasteiger partial charge on any atom is -0.465 e. The lowest BCUT2D eigenvalue weighted by atomic mass is 9.71. The number of aliphatic hydroxyl groups is 1. The lowest BCUT2D eigenvalue weighted by Gasteiger charge is -2.41. The summed E-state index contributed by atoms with van der Waals surface area (Å²) in [5, 5.41) is 10.3. The van der Waals surface area contributed by atoms with Crippen LogP contribution in [0.2, 0.25) is 0 Å². The second-order valence-corrected chi connectivity index (χ2v) is 13.3. The van der Waals surface area contributed by atoms with Crippen LogP contribution in [0, 0.1) is 17.8 Å². The van der Waals surface area contributed by atoms with Crippen molar-refractivity contribution in [3.63, 3.8) is 0 Å². The van der Waals surface area contributed by atoms with Crippen LogP contribution in [0.1, 0.15) is 59.3 Å². The first-order valence-corrected chi connectivity index (χ1v) is 15.5. The first-order chi connectivity index (χ1) is 17.7. The van der Waals surface area contributed by atoms with Crippen LogP contribution < -0.4 is 0 Å². The van der Waals surface area contributed by atoms with Gasteiger partial charge in [-0.2, -0.15) is 0 Å². The topological polar surface area (TPSA) is 87.1 Å². The normalized spacial score (nSPS) is 31.6. The largest absolute Gasteiger partial charge is 0.465 e. The number of esters is 1. The molecular formula is C28H43BrN2O5S. The van der Waals surface area contributed by atoms with Crippen LogP contribution in [0.3, 0.4) is 0 Å². The van der Waals surface area contributed by atoms with Crippen molar-refractivity contribution in [3.8, 4) is 0 Å². The molecule has 0 radical (unpaired) electrons. The molecule has 3 fully saturated rings. The van der Waals surface area contributed by atoms with E-state index in [0.717, 1.165) is 25.7 Å². The number of aliphatic hydroxyl groups excluding tert-OH is 1. The Hall–Kier alpha value is -1.32. The number of rotatable bonds is 15. The van der Waals surface area contributed by atoms with Crippen molar-refractivity contribution in [1.29, 1.82) is 0 Å². The summed E-state index contributed by atoms with van der Waals surface area (Å²) < 4.78 is 4.91. The number of thioether (sulfide) groups is 1. The van der Waals surface area contributed by atoms with Crippen molar-refractivity contribution in [3.05, 3.63) is 25.3 Å². The molecule has 0 aliphatic carbocycles. The second-order valence-electron chi connectivity index (χ2n) is 10.6.